The predicted octanol–water partition coefficient (Wildman–Crippen LogP) is 8.64. The van der Waals surface area contributed by atoms with Gasteiger partial charge in [0.25, 0.3) is 0 Å². The molecule has 1 heterocycles. The number of carbonyl (C=O) groups excluding carboxylic acids is 4. The van der Waals surface area contributed by atoms with Crippen LogP contribution in [0.3, 0.4) is 0 Å². The molecule has 13 heteroatoms. The van der Waals surface area contributed by atoms with Gasteiger partial charge in [0, 0.05) is 17.3 Å². The molecule has 2 spiro atoms. The van der Waals surface area contributed by atoms with Crippen LogP contribution in [0.4, 0.5) is 9.59 Å². The summed E-state index contributed by atoms with van der Waals surface area (Å²) in [6.07, 6.45) is 3.36. The maximum absolute atomic E-state index is 14.6. The number of hydrogen-bond acceptors (Lipinski definition) is 11. The van der Waals surface area contributed by atoms with Crippen LogP contribution in [0.25, 0.3) is 0 Å². The van der Waals surface area contributed by atoms with E-state index >= 15 is 0 Å². The van der Waals surface area contributed by atoms with Gasteiger partial charge in [0.05, 0.1) is 23.4 Å². The van der Waals surface area contributed by atoms with Gasteiger partial charge in [0.1, 0.15) is 35.5 Å². The van der Waals surface area contributed by atoms with Crippen molar-refractivity contribution in [3.63, 3.8) is 0 Å². The number of fused-ring (bicyclic) bond motifs is 2. The molecule has 0 aromatic heterocycles. The minimum atomic E-state index is -1.01. The molecule has 5 aliphatic carbocycles. The highest BCUT2D eigenvalue weighted by molar-refractivity contribution is 5.82. The van der Waals surface area contributed by atoms with E-state index in [4.69, 9.17) is 23.7 Å². The lowest BCUT2D eigenvalue weighted by molar-refractivity contribution is -0.226. The highest BCUT2D eigenvalue weighted by Crippen LogP contribution is 2.89. The minimum Gasteiger partial charge on any atom is -0.460 e. The average Bonchev–Trinajstić information content (AvgIpc) is 3.46. The molecule has 6 rings (SSSR count). The van der Waals surface area contributed by atoms with Gasteiger partial charge in [0.15, 0.2) is 0 Å². The third kappa shape index (κ3) is 8.64. The first kappa shape index (κ1) is 49.8. The van der Waals surface area contributed by atoms with Crippen LogP contribution >= 0.6 is 0 Å². The molecule has 0 bridgehead atoms. The van der Waals surface area contributed by atoms with Gasteiger partial charge in [-0.25, -0.2) is 19.2 Å². The number of carbonyl (C=O) groups is 4. The molecule has 360 valence electrons. The minimum absolute atomic E-state index is 0.0757. The Bertz CT molecular complexity index is 1780. The Morgan fingerprint density at radius 1 is 0.683 bits per heavy atom. The summed E-state index contributed by atoms with van der Waals surface area (Å²) in [6.45, 7) is 32.8. The van der Waals surface area contributed by atoms with E-state index in [1.165, 1.54) is 0 Å². The molecule has 2 amide bonds. The van der Waals surface area contributed by atoms with Crippen LogP contribution in [-0.4, -0.2) is 93.2 Å². The molecule has 6 aliphatic rings. The molecular weight excluding hydrogens is 805 g/mol. The SMILES string of the molecule is CC(C)[C@H](NC(=O)OC(C)(C)C)C(=O)O[C@H]1CC2C3(CC[C@]4(C)[C@@H]([C@@]5(C)CC[C@@H](C(C)(C)O)O5)[C@@H](O)C[C@@]24C)C[C@@]32CC[C@H](OC(=O)[C@@H](NC(=O)OC(C)(C)C)C(C)C)C(C)(C)C12. The predicted molar refractivity (Wildman–Crippen MR) is 238 cm³/mol. The van der Waals surface area contributed by atoms with Gasteiger partial charge in [-0.3, -0.25) is 0 Å². The van der Waals surface area contributed by atoms with Gasteiger partial charge >= 0.3 is 24.1 Å². The lowest BCUT2D eigenvalue weighted by Gasteiger charge is -2.64. The number of alkyl carbamates (subject to hydrolysis) is 2. The van der Waals surface area contributed by atoms with Gasteiger partial charge in [0.2, 0.25) is 0 Å². The van der Waals surface area contributed by atoms with Gasteiger partial charge in [-0.2, -0.15) is 0 Å². The van der Waals surface area contributed by atoms with Crippen LogP contribution in [0, 0.1) is 56.7 Å². The maximum Gasteiger partial charge on any atom is 0.408 e. The summed E-state index contributed by atoms with van der Waals surface area (Å²) in [4.78, 5) is 54.8. The summed E-state index contributed by atoms with van der Waals surface area (Å²) in [5.41, 5.74) is -4.76. The van der Waals surface area contributed by atoms with E-state index in [2.05, 4.69) is 45.3 Å². The van der Waals surface area contributed by atoms with Crippen molar-refractivity contribution < 1.29 is 53.1 Å². The summed E-state index contributed by atoms with van der Waals surface area (Å²) in [5.74, 6) is -1.89. The average molecular weight is 889 g/mol. The van der Waals surface area contributed by atoms with E-state index in [0.29, 0.717) is 19.3 Å². The Morgan fingerprint density at radius 2 is 1.21 bits per heavy atom. The van der Waals surface area contributed by atoms with Crippen LogP contribution < -0.4 is 10.6 Å². The molecule has 0 radical (unpaired) electrons. The zero-order chi connectivity index (χ0) is 47.5. The zero-order valence-electron chi connectivity index (χ0n) is 41.8. The van der Waals surface area contributed by atoms with Crippen molar-refractivity contribution in [2.75, 3.05) is 0 Å². The molecule has 4 N–H and O–H groups in total. The van der Waals surface area contributed by atoms with E-state index in [0.717, 1.165) is 38.5 Å². The first-order chi connectivity index (χ1) is 28.6. The van der Waals surface area contributed by atoms with Gasteiger partial charge in [-0.05, 0) is 160 Å². The monoisotopic (exact) mass is 889 g/mol. The second-order valence-corrected chi connectivity index (χ2v) is 25.4. The summed E-state index contributed by atoms with van der Waals surface area (Å²) < 4.78 is 31.2. The molecule has 5 saturated carbocycles. The number of aliphatic hydroxyl groups excluding tert-OH is 1. The number of rotatable bonds is 10. The normalized spacial score (nSPS) is 40.4. The molecule has 14 atom stereocenters. The van der Waals surface area contributed by atoms with E-state index in [-0.39, 0.29) is 57.4 Å². The summed E-state index contributed by atoms with van der Waals surface area (Å²) in [5, 5.41) is 28.9. The summed E-state index contributed by atoms with van der Waals surface area (Å²) in [6, 6.07) is -1.91. The van der Waals surface area contributed by atoms with Crippen LogP contribution in [0.15, 0.2) is 0 Å². The molecule has 1 saturated heterocycles. The van der Waals surface area contributed by atoms with E-state index < -0.39 is 82.3 Å². The Morgan fingerprint density at radius 3 is 1.68 bits per heavy atom. The van der Waals surface area contributed by atoms with Gasteiger partial charge in [-0.15, -0.1) is 0 Å². The first-order valence-corrected chi connectivity index (χ1v) is 24.1. The number of ether oxygens (including phenoxy) is 5. The summed E-state index contributed by atoms with van der Waals surface area (Å²) in [7, 11) is 0. The molecular formula is C50H84N2O11. The van der Waals surface area contributed by atoms with Gasteiger partial charge in [-0.1, -0.05) is 55.4 Å². The molecule has 3 unspecified atom stereocenters. The third-order valence-electron chi connectivity index (χ3n) is 17.4. The summed E-state index contributed by atoms with van der Waals surface area (Å²) >= 11 is 0. The van der Waals surface area contributed by atoms with Crippen molar-refractivity contribution in [2.24, 2.45) is 56.7 Å². The Balaban J connectivity index is 1.36. The largest absolute Gasteiger partial charge is 0.460 e. The fraction of sp³-hybridized carbons (Fsp3) is 0.920. The molecule has 13 nitrogen and oxygen atoms in total. The smallest absolute Gasteiger partial charge is 0.408 e. The molecule has 0 aromatic carbocycles. The lowest BCUT2D eigenvalue weighted by Crippen LogP contribution is -2.63. The highest BCUT2D eigenvalue weighted by Gasteiger charge is 2.85. The van der Waals surface area contributed by atoms with Crippen LogP contribution in [0.1, 0.15) is 175 Å². The standard InChI is InChI=1S/C50H84N2O11/c1-27(2)34(51-40(56)62-42(5,6)7)38(54)59-30-24-31-47(16)25-29(53)36(48(17)20-18-33(61-48)45(13,14)58)46(47,15)22-23-49(31)26-50(49)21-19-32(44(11,12)37(30)50)60-39(55)35(28(3)4)52-41(57)63-43(8,9)10/h27-37,53,58H,18-26H2,1-17H3,(H,51,56)(H,52,57)/t29-,30-,31?,32-,33-,34-,35-,36-,37?,46+,47-,48+,49?,50+/m0/s1. The van der Waals surface area contributed by atoms with Crippen LogP contribution in [0.2, 0.25) is 0 Å². The van der Waals surface area contributed by atoms with Crippen molar-refractivity contribution in [1.29, 1.82) is 0 Å². The molecule has 63 heavy (non-hydrogen) atoms. The topological polar surface area (TPSA) is 179 Å². The zero-order valence-corrected chi connectivity index (χ0v) is 41.8. The maximum atomic E-state index is 14.6. The molecule has 0 aromatic rings. The van der Waals surface area contributed by atoms with Crippen LogP contribution in [0.5, 0.6) is 0 Å². The van der Waals surface area contributed by atoms with Crippen molar-refractivity contribution in [3.05, 3.63) is 0 Å². The fourth-order valence-corrected chi connectivity index (χ4v) is 14.7. The quantitative estimate of drug-likeness (QED) is 0.122. The number of aliphatic hydroxyl groups is 2. The Labute approximate surface area is 377 Å². The third-order valence-corrected chi connectivity index (χ3v) is 17.4. The fourth-order valence-electron chi connectivity index (χ4n) is 14.7. The van der Waals surface area contributed by atoms with Crippen molar-refractivity contribution in [3.8, 4) is 0 Å². The van der Waals surface area contributed by atoms with Crippen molar-refractivity contribution >= 4 is 24.1 Å². The lowest BCUT2D eigenvalue weighted by atomic mass is 9.41. The van der Waals surface area contributed by atoms with E-state index in [9.17, 15) is 29.4 Å². The molecule has 1 aliphatic heterocycles. The van der Waals surface area contributed by atoms with Gasteiger partial charge < -0.3 is 44.5 Å². The highest BCUT2D eigenvalue weighted by atomic mass is 16.6. The second-order valence-electron chi connectivity index (χ2n) is 25.4. The van der Waals surface area contributed by atoms with Crippen molar-refractivity contribution in [2.45, 2.75) is 234 Å². The Hall–Kier alpha value is -2.64. The number of esters is 2. The second kappa shape index (κ2) is 16.0. The van der Waals surface area contributed by atoms with Crippen molar-refractivity contribution in [1.82, 2.24) is 10.6 Å². The van der Waals surface area contributed by atoms with E-state index in [1.807, 2.05) is 27.7 Å². The first-order valence-electron chi connectivity index (χ1n) is 24.1. The van der Waals surface area contributed by atoms with Crippen LogP contribution in [-0.2, 0) is 33.3 Å². The Kier molecular flexibility index (Phi) is 12.7. The van der Waals surface area contributed by atoms with E-state index in [1.54, 1.807) is 55.4 Å². The number of amides is 2. The number of nitrogens with one attached hydrogen (secondary N) is 2. The molecule has 6 fully saturated rings. The number of hydrogen-bond donors (Lipinski definition) is 4.